The number of benzene rings is 2. The van der Waals surface area contributed by atoms with E-state index in [0.29, 0.717) is 21.9 Å². The molecule has 0 saturated heterocycles. The first kappa shape index (κ1) is 21.5. The van der Waals surface area contributed by atoms with Crippen LogP contribution in [-0.4, -0.2) is 36.0 Å². The molecule has 0 spiro atoms. The quantitative estimate of drug-likeness (QED) is 0.381. The number of carbonyl (C=O) groups is 1. The van der Waals surface area contributed by atoms with Crippen LogP contribution in [0.15, 0.2) is 70.7 Å². The van der Waals surface area contributed by atoms with Gasteiger partial charge in [-0.1, -0.05) is 42.1 Å². The van der Waals surface area contributed by atoms with E-state index in [-0.39, 0.29) is 23.9 Å². The molecule has 1 aliphatic heterocycles. The highest BCUT2D eigenvalue weighted by Crippen LogP contribution is 2.34. The van der Waals surface area contributed by atoms with Gasteiger partial charge in [0.25, 0.3) is 5.56 Å². The molecular formula is C26H22N6O2S. The Labute approximate surface area is 205 Å². The van der Waals surface area contributed by atoms with Crippen molar-refractivity contribution in [3.05, 3.63) is 82.4 Å². The van der Waals surface area contributed by atoms with Gasteiger partial charge in [0.1, 0.15) is 5.39 Å². The minimum absolute atomic E-state index is 0.151. The highest BCUT2D eigenvalue weighted by molar-refractivity contribution is 7.99. The third-order valence-electron chi connectivity index (χ3n) is 6.16. The van der Waals surface area contributed by atoms with Crippen LogP contribution in [0.5, 0.6) is 0 Å². The number of aromatic nitrogens is 5. The molecule has 0 bridgehead atoms. The summed E-state index contributed by atoms with van der Waals surface area (Å²) in [4.78, 5) is 35.7. The molecule has 4 heterocycles. The van der Waals surface area contributed by atoms with Gasteiger partial charge in [-0.05, 0) is 43.7 Å². The zero-order valence-corrected chi connectivity index (χ0v) is 20.0. The molecule has 0 radical (unpaired) electrons. The van der Waals surface area contributed by atoms with Gasteiger partial charge in [-0.15, -0.1) is 0 Å². The first-order chi connectivity index (χ1) is 17.0. The Kier molecular flexibility index (Phi) is 5.14. The Morgan fingerprint density at radius 1 is 1.09 bits per heavy atom. The van der Waals surface area contributed by atoms with E-state index in [1.54, 1.807) is 15.4 Å². The van der Waals surface area contributed by atoms with Crippen molar-refractivity contribution in [2.24, 2.45) is 0 Å². The van der Waals surface area contributed by atoms with Gasteiger partial charge in [0, 0.05) is 23.3 Å². The van der Waals surface area contributed by atoms with Crippen LogP contribution in [0.1, 0.15) is 23.7 Å². The molecule has 35 heavy (non-hydrogen) atoms. The second kappa shape index (κ2) is 8.35. The molecule has 6 rings (SSSR count). The van der Waals surface area contributed by atoms with Crippen LogP contribution in [0.4, 0.5) is 5.69 Å². The number of rotatable bonds is 4. The maximum atomic E-state index is 13.4. The normalized spacial score (nSPS) is 15.0. The maximum Gasteiger partial charge on any atom is 0.265 e. The molecule has 1 amide bonds. The number of nitrogens with zero attached hydrogens (tertiary/aromatic N) is 5. The predicted octanol–water partition coefficient (Wildman–Crippen LogP) is 4.42. The highest BCUT2D eigenvalue weighted by Gasteiger charge is 2.29. The minimum atomic E-state index is -0.282. The molecule has 2 aromatic carbocycles. The number of para-hydroxylation sites is 1. The Morgan fingerprint density at radius 3 is 2.80 bits per heavy atom. The van der Waals surface area contributed by atoms with Gasteiger partial charge in [-0.25, -0.2) is 9.67 Å². The Balaban J connectivity index is 1.31. The number of hydrogen-bond donors (Lipinski definition) is 1. The zero-order valence-electron chi connectivity index (χ0n) is 19.2. The van der Waals surface area contributed by atoms with Crippen molar-refractivity contribution < 1.29 is 4.79 Å². The molecule has 0 aliphatic carbocycles. The number of carbonyl (C=O) groups excluding carboxylic acids is 1. The number of amides is 1. The maximum absolute atomic E-state index is 13.4. The number of fused-ring (bicyclic) bond motifs is 3. The van der Waals surface area contributed by atoms with Crippen molar-refractivity contribution in [1.82, 2.24) is 24.3 Å². The molecule has 9 heteroatoms. The summed E-state index contributed by atoms with van der Waals surface area (Å²) in [6.07, 6.45) is 1.74. The van der Waals surface area contributed by atoms with Gasteiger partial charge in [-0.2, -0.15) is 5.10 Å². The Bertz CT molecular complexity index is 1690. The van der Waals surface area contributed by atoms with Crippen LogP contribution in [0, 0.1) is 13.8 Å². The lowest BCUT2D eigenvalue weighted by Gasteiger charge is -2.14. The fourth-order valence-corrected chi connectivity index (χ4v) is 5.69. The van der Waals surface area contributed by atoms with Gasteiger partial charge < -0.3 is 5.32 Å². The van der Waals surface area contributed by atoms with E-state index >= 15 is 0 Å². The van der Waals surface area contributed by atoms with E-state index < -0.39 is 0 Å². The SMILES string of the molecule is Cc1cccc(-n2ncc3c(=O)n4c(nc32)SCC4CC(=O)Nc2cc(C)nc3ccccc23)c1. The van der Waals surface area contributed by atoms with Gasteiger partial charge >= 0.3 is 0 Å². The lowest BCUT2D eigenvalue weighted by atomic mass is 10.1. The summed E-state index contributed by atoms with van der Waals surface area (Å²) in [5.74, 6) is 0.456. The fraction of sp³-hybridized carbons (Fsp3) is 0.192. The minimum Gasteiger partial charge on any atom is -0.325 e. The number of hydrogen-bond acceptors (Lipinski definition) is 6. The second-order valence-corrected chi connectivity index (χ2v) is 9.73. The number of nitrogens with one attached hydrogen (secondary N) is 1. The topological polar surface area (TPSA) is 94.7 Å². The van der Waals surface area contributed by atoms with Crippen molar-refractivity contribution in [2.45, 2.75) is 31.5 Å². The third-order valence-corrected chi connectivity index (χ3v) is 7.25. The number of anilines is 1. The molecule has 1 N–H and O–H groups in total. The number of thioether (sulfide) groups is 1. The van der Waals surface area contributed by atoms with Crippen molar-refractivity contribution in [3.63, 3.8) is 0 Å². The van der Waals surface area contributed by atoms with E-state index in [4.69, 9.17) is 4.98 Å². The summed E-state index contributed by atoms with van der Waals surface area (Å²) in [5.41, 5.74) is 4.70. The molecule has 1 aliphatic rings. The van der Waals surface area contributed by atoms with Gasteiger partial charge in [-0.3, -0.25) is 19.1 Å². The number of aryl methyl sites for hydroxylation is 2. The van der Waals surface area contributed by atoms with Crippen molar-refractivity contribution in [3.8, 4) is 5.69 Å². The van der Waals surface area contributed by atoms with Crippen molar-refractivity contribution in [1.29, 1.82) is 0 Å². The van der Waals surface area contributed by atoms with Gasteiger partial charge in [0.2, 0.25) is 5.91 Å². The van der Waals surface area contributed by atoms with Crippen LogP contribution in [0.3, 0.4) is 0 Å². The van der Waals surface area contributed by atoms with Gasteiger partial charge in [0.15, 0.2) is 10.8 Å². The van der Waals surface area contributed by atoms with E-state index in [1.807, 2.05) is 68.4 Å². The summed E-state index contributed by atoms with van der Waals surface area (Å²) in [6, 6.07) is 17.2. The molecule has 174 valence electrons. The summed E-state index contributed by atoms with van der Waals surface area (Å²) in [6.45, 7) is 3.91. The molecule has 5 aromatic rings. The average molecular weight is 483 g/mol. The average Bonchev–Trinajstić information content (AvgIpc) is 3.44. The van der Waals surface area contributed by atoms with Crippen LogP contribution < -0.4 is 10.9 Å². The molecule has 0 fully saturated rings. The molecular weight excluding hydrogens is 460 g/mol. The smallest absolute Gasteiger partial charge is 0.265 e. The monoisotopic (exact) mass is 482 g/mol. The zero-order chi connectivity index (χ0) is 24.1. The Hall–Kier alpha value is -3.98. The first-order valence-electron chi connectivity index (χ1n) is 11.3. The molecule has 1 atom stereocenters. The van der Waals surface area contributed by atoms with Crippen LogP contribution in [-0.2, 0) is 4.79 Å². The summed E-state index contributed by atoms with van der Waals surface area (Å²) >= 11 is 1.49. The summed E-state index contributed by atoms with van der Waals surface area (Å²) in [5, 5.41) is 9.40. The highest BCUT2D eigenvalue weighted by atomic mass is 32.2. The van der Waals surface area contributed by atoms with Gasteiger partial charge in [0.05, 0.1) is 29.1 Å². The van der Waals surface area contributed by atoms with Crippen LogP contribution >= 0.6 is 11.8 Å². The van der Waals surface area contributed by atoms with E-state index in [9.17, 15) is 9.59 Å². The lowest BCUT2D eigenvalue weighted by molar-refractivity contribution is -0.116. The molecule has 8 nitrogen and oxygen atoms in total. The molecule has 3 aromatic heterocycles. The second-order valence-electron chi connectivity index (χ2n) is 8.75. The van der Waals surface area contributed by atoms with Crippen molar-refractivity contribution in [2.75, 3.05) is 11.1 Å². The lowest BCUT2D eigenvalue weighted by Crippen LogP contribution is -2.27. The summed E-state index contributed by atoms with van der Waals surface area (Å²) in [7, 11) is 0. The Morgan fingerprint density at radius 2 is 1.94 bits per heavy atom. The van der Waals surface area contributed by atoms with E-state index in [2.05, 4.69) is 15.4 Å². The number of pyridine rings is 1. The first-order valence-corrected chi connectivity index (χ1v) is 12.3. The van der Waals surface area contributed by atoms with Crippen molar-refractivity contribution >= 4 is 45.3 Å². The van der Waals surface area contributed by atoms with Crippen LogP contribution in [0.2, 0.25) is 0 Å². The fourth-order valence-electron chi connectivity index (χ4n) is 4.56. The standard InChI is InChI=1S/C26H22N6O2S/c1-15-6-5-7-17(10-15)32-24-20(13-27-32)25(34)31-18(14-35-26(31)30-24)12-23(33)29-22-11-16(2)28-21-9-4-3-8-19(21)22/h3-11,13,18H,12,14H2,1-2H3,(H,28,29,33). The third kappa shape index (κ3) is 3.77. The van der Waals surface area contributed by atoms with E-state index in [0.717, 1.165) is 33.5 Å². The molecule has 0 saturated carbocycles. The summed E-state index contributed by atoms with van der Waals surface area (Å²) < 4.78 is 3.34. The molecule has 1 unspecified atom stereocenters. The van der Waals surface area contributed by atoms with Crippen LogP contribution in [0.25, 0.3) is 27.6 Å². The largest absolute Gasteiger partial charge is 0.325 e. The predicted molar refractivity (Wildman–Crippen MR) is 137 cm³/mol. The van der Waals surface area contributed by atoms with E-state index in [1.165, 1.54) is 11.8 Å².